The first-order chi connectivity index (χ1) is 8.28. The molecule has 0 unspecified atom stereocenters. The molecule has 0 aromatic carbocycles. The molecule has 0 radical (unpaired) electrons. The molecule has 1 saturated carbocycles. The van der Waals surface area contributed by atoms with E-state index in [1.807, 2.05) is 0 Å². The van der Waals surface area contributed by atoms with Gasteiger partial charge < -0.3 is 9.73 Å². The van der Waals surface area contributed by atoms with Gasteiger partial charge in [0.2, 0.25) is 0 Å². The van der Waals surface area contributed by atoms with Crippen LogP contribution in [0, 0.1) is 5.41 Å². The van der Waals surface area contributed by atoms with Crippen LogP contribution in [0.2, 0.25) is 0 Å². The first-order valence-corrected chi connectivity index (χ1v) is 7.06. The Kier molecular flexibility index (Phi) is 4.27. The average Bonchev–Trinajstić information content (AvgIpc) is 2.98. The third-order valence-corrected chi connectivity index (χ3v) is 4.28. The summed E-state index contributed by atoms with van der Waals surface area (Å²) >= 11 is 0. The SMILES string of the molecule is CCc1ccc(CNCC2(CC)CCCC2)o1. The van der Waals surface area contributed by atoms with Gasteiger partial charge >= 0.3 is 0 Å². The Morgan fingerprint density at radius 2 is 1.88 bits per heavy atom. The van der Waals surface area contributed by atoms with Gasteiger partial charge in [0.05, 0.1) is 6.54 Å². The maximum atomic E-state index is 5.70. The highest BCUT2D eigenvalue weighted by molar-refractivity contribution is 5.06. The first kappa shape index (κ1) is 12.7. The molecule has 1 N–H and O–H groups in total. The highest BCUT2D eigenvalue weighted by atomic mass is 16.3. The second kappa shape index (κ2) is 5.72. The van der Waals surface area contributed by atoms with Crippen LogP contribution in [0.3, 0.4) is 0 Å². The van der Waals surface area contributed by atoms with E-state index in [4.69, 9.17) is 4.42 Å². The predicted octanol–water partition coefficient (Wildman–Crippen LogP) is 3.90. The van der Waals surface area contributed by atoms with Crippen molar-refractivity contribution in [2.45, 2.75) is 58.9 Å². The van der Waals surface area contributed by atoms with Gasteiger partial charge in [-0.2, -0.15) is 0 Å². The van der Waals surface area contributed by atoms with Gasteiger partial charge in [-0.25, -0.2) is 0 Å². The van der Waals surface area contributed by atoms with Gasteiger partial charge in [0.25, 0.3) is 0 Å². The van der Waals surface area contributed by atoms with E-state index < -0.39 is 0 Å². The van der Waals surface area contributed by atoms with Crippen molar-refractivity contribution < 1.29 is 4.42 Å². The minimum absolute atomic E-state index is 0.570. The maximum absolute atomic E-state index is 5.70. The van der Waals surface area contributed by atoms with Gasteiger partial charge in [-0.1, -0.05) is 26.7 Å². The van der Waals surface area contributed by atoms with Gasteiger partial charge in [-0.3, -0.25) is 0 Å². The summed E-state index contributed by atoms with van der Waals surface area (Å²) in [6.45, 7) is 6.48. The molecule has 1 aliphatic rings. The number of rotatable bonds is 6. The molecule has 1 aliphatic carbocycles. The minimum Gasteiger partial charge on any atom is -0.465 e. The largest absolute Gasteiger partial charge is 0.465 e. The molecule has 17 heavy (non-hydrogen) atoms. The van der Waals surface area contributed by atoms with Gasteiger partial charge in [0, 0.05) is 13.0 Å². The molecule has 0 atom stereocenters. The lowest BCUT2D eigenvalue weighted by molar-refractivity contribution is 0.264. The lowest BCUT2D eigenvalue weighted by Crippen LogP contribution is -2.31. The highest BCUT2D eigenvalue weighted by Gasteiger charge is 2.31. The van der Waals surface area contributed by atoms with Crippen LogP contribution in [0.1, 0.15) is 57.5 Å². The summed E-state index contributed by atoms with van der Waals surface area (Å²) in [5, 5.41) is 3.58. The molecule has 1 aromatic heterocycles. The van der Waals surface area contributed by atoms with E-state index >= 15 is 0 Å². The topological polar surface area (TPSA) is 25.2 Å². The summed E-state index contributed by atoms with van der Waals surface area (Å²) in [4.78, 5) is 0. The summed E-state index contributed by atoms with van der Waals surface area (Å²) < 4.78 is 5.70. The summed E-state index contributed by atoms with van der Waals surface area (Å²) in [5.74, 6) is 2.17. The smallest absolute Gasteiger partial charge is 0.117 e. The Morgan fingerprint density at radius 1 is 1.18 bits per heavy atom. The van der Waals surface area contributed by atoms with Crippen LogP contribution in [0.25, 0.3) is 0 Å². The summed E-state index contributed by atoms with van der Waals surface area (Å²) in [6, 6.07) is 4.18. The number of aryl methyl sites for hydroxylation is 1. The van der Waals surface area contributed by atoms with Crippen molar-refractivity contribution in [3.63, 3.8) is 0 Å². The fourth-order valence-electron chi connectivity index (χ4n) is 2.94. The van der Waals surface area contributed by atoms with Gasteiger partial charge in [0.15, 0.2) is 0 Å². The van der Waals surface area contributed by atoms with Crippen LogP contribution in [-0.4, -0.2) is 6.54 Å². The van der Waals surface area contributed by atoms with E-state index in [1.165, 1.54) is 32.1 Å². The zero-order chi connectivity index (χ0) is 12.1. The number of furan rings is 1. The molecule has 2 heteroatoms. The van der Waals surface area contributed by atoms with E-state index in [9.17, 15) is 0 Å². The Morgan fingerprint density at radius 3 is 2.47 bits per heavy atom. The van der Waals surface area contributed by atoms with Crippen LogP contribution in [0.5, 0.6) is 0 Å². The van der Waals surface area contributed by atoms with Crippen molar-refractivity contribution in [1.82, 2.24) is 5.32 Å². The lowest BCUT2D eigenvalue weighted by atomic mass is 9.83. The second-order valence-corrected chi connectivity index (χ2v) is 5.39. The number of nitrogens with one attached hydrogen (secondary N) is 1. The lowest BCUT2D eigenvalue weighted by Gasteiger charge is -2.27. The molecule has 96 valence electrons. The van der Waals surface area contributed by atoms with Crippen molar-refractivity contribution in [2.24, 2.45) is 5.41 Å². The standard InChI is InChI=1S/C15H25NO/c1-3-13-7-8-14(17-13)11-16-12-15(4-2)9-5-6-10-15/h7-8,16H,3-6,9-12H2,1-2H3. The molecule has 0 aliphatic heterocycles. The third-order valence-electron chi connectivity index (χ3n) is 4.28. The third kappa shape index (κ3) is 3.12. The average molecular weight is 235 g/mol. The van der Waals surface area contributed by atoms with E-state index in [-0.39, 0.29) is 0 Å². The summed E-state index contributed by atoms with van der Waals surface area (Å²) in [7, 11) is 0. The Hall–Kier alpha value is -0.760. The number of hydrogen-bond donors (Lipinski definition) is 1. The molecular weight excluding hydrogens is 210 g/mol. The van der Waals surface area contributed by atoms with Crippen molar-refractivity contribution in [3.8, 4) is 0 Å². The van der Waals surface area contributed by atoms with Crippen LogP contribution in [0.15, 0.2) is 16.5 Å². The van der Waals surface area contributed by atoms with Crippen molar-refractivity contribution in [3.05, 3.63) is 23.7 Å². The first-order valence-electron chi connectivity index (χ1n) is 7.06. The van der Waals surface area contributed by atoms with Crippen LogP contribution < -0.4 is 5.32 Å². The van der Waals surface area contributed by atoms with Gasteiger partial charge in [0.1, 0.15) is 11.5 Å². The van der Waals surface area contributed by atoms with E-state index in [0.717, 1.165) is 31.0 Å². The van der Waals surface area contributed by atoms with Crippen molar-refractivity contribution in [2.75, 3.05) is 6.54 Å². The zero-order valence-corrected chi connectivity index (χ0v) is 11.2. The van der Waals surface area contributed by atoms with Crippen molar-refractivity contribution >= 4 is 0 Å². The predicted molar refractivity (Wildman–Crippen MR) is 71.0 cm³/mol. The Bertz CT molecular complexity index is 336. The Balaban J connectivity index is 1.78. The molecular formula is C15H25NO. The molecule has 1 fully saturated rings. The maximum Gasteiger partial charge on any atom is 0.117 e. The van der Waals surface area contributed by atoms with E-state index in [1.54, 1.807) is 0 Å². The van der Waals surface area contributed by atoms with Crippen LogP contribution in [-0.2, 0) is 13.0 Å². The molecule has 0 amide bonds. The van der Waals surface area contributed by atoms with Crippen molar-refractivity contribution in [1.29, 1.82) is 0 Å². The molecule has 1 aromatic rings. The fourth-order valence-corrected chi connectivity index (χ4v) is 2.94. The second-order valence-electron chi connectivity index (χ2n) is 5.39. The molecule has 0 spiro atoms. The van der Waals surface area contributed by atoms with Gasteiger partial charge in [-0.05, 0) is 36.8 Å². The molecule has 1 heterocycles. The summed E-state index contributed by atoms with van der Waals surface area (Å²) in [6.07, 6.45) is 7.91. The fraction of sp³-hybridized carbons (Fsp3) is 0.733. The normalized spacial score (nSPS) is 18.7. The monoisotopic (exact) mass is 235 g/mol. The molecule has 0 saturated heterocycles. The minimum atomic E-state index is 0.570. The van der Waals surface area contributed by atoms with Crippen LogP contribution in [0.4, 0.5) is 0 Å². The van der Waals surface area contributed by atoms with Gasteiger partial charge in [-0.15, -0.1) is 0 Å². The number of hydrogen-bond acceptors (Lipinski definition) is 2. The Labute approximate surface area is 105 Å². The highest BCUT2D eigenvalue weighted by Crippen LogP contribution is 2.40. The molecule has 2 rings (SSSR count). The summed E-state index contributed by atoms with van der Waals surface area (Å²) in [5.41, 5.74) is 0.570. The molecule has 0 bridgehead atoms. The molecule has 2 nitrogen and oxygen atoms in total. The quantitative estimate of drug-likeness (QED) is 0.809. The van der Waals surface area contributed by atoms with E-state index in [0.29, 0.717) is 5.41 Å². The zero-order valence-electron chi connectivity index (χ0n) is 11.2. The van der Waals surface area contributed by atoms with Crippen LogP contribution >= 0.6 is 0 Å². The van der Waals surface area contributed by atoms with E-state index in [2.05, 4.69) is 31.3 Å².